The van der Waals surface area contributed by atoms with E-state index in [1.165, 1.54) is 7.11 Å². The molecule has 0 amide bonds. The fourth-order valence-corrected chi connectivity index (χ4v) is 2.14. The summed E-state index contributed by atoms with van der Waals surface area (Å²) in [5.74, 6) is 0.393. The number of rotatable bonds is 4. The van der Waals surface area contributed by atoms with Gasteiger partial charge in [0.05, 0.1) is 19.0 Å². The van der Waals surface area contributed by atoms with Gasteiger partial charge < -0.3 is 14.6 Å². The van der Waals surface area contributed by atoms with Crippen LogP contribution in [0.1, 0.15) is 16.1 Å². The standard InChI is InChI=1S/C16H14N2O4/c1-21-16(20)14-3-2-8-18-11(9-17-15(14)18)10-22-13-6-4-12(19)5-7-13/h2-9,19H,10H2,1H3. The zero-order valence-electron chi connectivity index (χ0n) is 11.9. The van der Waals surface area contributed by atoms with Crippen molar-refractivity contribution in [1.82, 2.24) is 9.38 Å². The molecule has 0 fully saturated rings. The topological polar surface area (TPSA) is 73.1 Å². The highest BCUT2D eigenvalue weighted by Gasteiger charge is 2.14. The Hall–Kier alpha value is -3.02. The van der Waals surface area contributed by atoms with Crippen LogP contribution in [0.5, 0.6) is 11.5 Å². The van der Waals surface area contributed by atoms with Crippen molar-refractivity contribution in [3.8, 4) is 11.5 Å². The van der Waals surface area contributed by atoms with E-state index in [2.05, 4.69) is 4.98 Å². The normalized spacial score (nSPS) is 10.6. The number of imidazole rings is 1. The number of ether oxygens (including phenoxy) is 2. The van der Waals surface area contributed by atoms with E-state index in [4.69, 9.17) is 9.47 Å². The van der Waals surface area contributed by atoms with E-state index in [0.29, 0.717) is 17.0 Å². The lowest BCUT2D eigenvalue weighted by Crippen LogP contribution is -2.05. The Labute approximate surface area is 126 Å². The number of carbonyl (C=O) groups excluding carboxylic acids is 1. The molecule has 0 saturated heterocycles. The maximum atomic E-state index is 11.7. The third-order valence-corrected chi connectivity index (χ3v) is 3.24. The van der Waals surface area contributed by atoms with E-state index in [1.807, 2.05) is 6.20 Å². The van der Waals surface area contributed by atoms with Crippen molar-refractivity contribution in [2.24, 2.45) is 0 Å². The monoisotopic (exact) mass is 298 g/mol. The Morgan fingerprint density at radius 3 is 2.77 bits per heavy atom. The summed E-state index contributed by atoms with van der Waals surface area (Å²) in [6.07, 6.45) is 3.46. The van der Waals surface area contributed by atoms with Gasteiger partial charge in [0.25, 0.3) is 0 Å². The number of esters is 1. The van der Waals surface area contributed by atoms with Crippen LogP contribution < -0.4 is 4.74 Å². The summed E-state index contributed by atoms with van der Waals surface area (Å²) in [6, 6.07) is 9.89. The van der Waals surface area contributed by atoms with Gasteiger partial charge in [-0.15, -0.1) is 0 Å². The molecule has 0 bridgehead atoms. The number of phenolic OH excluding ortho intramolecular Hbond substituents is 1. The molecule has 0 radical (unpaired) electrons. The smallest absolute Gasteiger partial charge is 0.341 e. The van der Waals surface area contributed by atoms with Crippen molar-refractivity contribution in [3.63, 3.8) is 0 Å². The zero-order valence-corrected chi connectivity index (χ0v) is 11.9. The first-order chi connectivity index (χ1) is 10.7. The second-order valence-corrected chi connectivity index (χ2v) is 4.64. The number of hydrogen-bond donors (Lipinski definition) is 1. The van der Waals surface area contributed by atoms with Crippen molar-refractivity contribution >= 4 is 11.6 Å². The van der Waals surface area contributed by atoms with Gasteiger partial charge in [-0.05, 0) is 36.4 Å². The molecule has 2 heterocycles. The van der Waals surface area contributed by atoms with Gasteiger partial charge in [0.1, 0.15) is 23.7 Å². The zero-order chi connectivity index (χ0) is 15.5. The highest BCUT2D eigenvalue weighted by Crippen LogP contribution is 2.18. The second-order valence-electron chi connectivity index (χ2n) is 4.64. The van der Waals surface area contributed by atoms with Crippen molar-refractivity contribution in [2.75, 3.05) is 7.11 Å². The van der Waals surface area contributed by atoms with E-state index in [0.717, 1.165) is 5.69 Å². The largest absolute Gasteiger partial charge is 0.508 e. The molecule has 0 aliphatic carbocycles. The average molecular weight is 298 g/mol. The van der Waals surface area contributed by atoms with E-state index >= 15 is 0 Å². The fourth-order valence-electron chi connectivity index (χ4n) is 2.14. The molecule has 0 aliphatic rings. The minimum absolute atomic E-state index is 0.185. The minimum atomic E-state index is -0.429. The van der Waals surface area contributed by atoms with Crippen LogP contribution in [0.3, 0.4) is 0 Å². The number of aromatic hydroxyl groups is 1. The Kier molecular flexibility index (Phi) is 3.65. The molecule has 112 valence electrons. The van der Waals surface area contributed by atoms with Crippen molar-refractivity contribution < 1.29 is 19.4 Å². The van der Waals surface area contributed by atoms with Crippen molar-refractivity contribution in [3.05, 3.63) is 60.0 Å². The molecule has 6 nitrogen and oxygen atoms in total. The third-order valence-electron chi connectivity index (χ3n) is 3.24. The predicted octanol–water partition coefficient (Wildman–Crippen LogP) is 2.41. The number of benzene rings is 1. The lowest BCUT2D eigenvalue weighted by Gasteiger charge is -2.07. The summed E-state index contributed by atoms with van der Waals surface area (Å²) >= 11 is 0. The van der Waals surface area contributed by atoms with Gasteiger partial charge in [0, 0.05) is 6.20 Å². The molecule has 3 aromatic rings. The van der Waals surface area contributed by atoms with Crippen LogP contribution in [-0.2, 0) is 11.3 Å². The number of methoxy groups -OCH3 is 1. The summed E-state index contributed by atoms with van der Waals surface area (Å²) in [5.41, 5.74) is 1.73. The van der Waals surface area contributed by atoms with Crippen LogP contribution in [-0.4, -0.2) is 27.6 Å². The van der Waals surface area contributed by atoms with Crippen molar-refractivity contribution in [1.29, 1.82) is 0 Å². The molecule has 1 N–H and O–H groups in total. The first-order valence-electron chi connectivity index (χ1n) is 6.64. The van der Waals surface area contributed by atoms with E-state index in [9.17, 15) is 9.90 Å². The van der Waals surface area contributed by atoms with E-state index < -0.39 is 5.97 Å². The highest BCUT2D eigenvalue weighted by atomic mass is 16.5. The Morgan fingerprint density at radius 2 is 2.05 bits per heavy atom. The van der Waals surface area contributed by atoms with Gasteiger partial charge in [0.2, 0.25) is 0 Å². The quantitative estimate of drug-likeness (QED) is 0.749. The number of carbonyl (C=O) groups is 1. The summed E-state index contributed by atoms with van der Waals surface area (Å²) in [4.78, 5) is 16.0. The van der Waals surface area contributed by atoms with Gasteiger partial charge in [-0.25, -0.2) is 9.78 Å². The number of pyridine rings is 1. The van der Waals surface area contributed by atoms with Crippen LogP contribution >= 0.6 is 0 Å². The van der Waals surface area contributed by atoms with Crippen LogP contribution in [0.2, 0.25) is 0 Å². The molecular formula is C16H14N2O4. The lowest BCUT2D eigenvalue weighted by atomic mass is 10.3. The molecule has 0 unspecified atom stereocenters. The first-order valence-corrected chi connectivity index (χ1v) is 6.64. The summed E-state index contributed by atoms with van der Waals surface area (Å²) in [6.45, 7) is 0.288. The predicted molar refractivity (Wildman–Crippen MR) is 79.0 cm³/mol. The molecule has 0 spiro atoms. The maximum Gasteiger partial charge on any atom is 0.341 e. The van der Waals surface area contributed by atoms with Crippen LogP contribution in [0.15, 0.2) is 48.8 Å². The molecule has 3 rings (SSSR count). The Balaban J connectivity index is 1.86. The molecule has 1 aromatic carbocycles. The summed E-state index contributed by atoms with van der Waals surface area (Å²) < 4.78 is 12.2. The van der Waals surface area contributed by atoms with E-state index in [1.54, 1.807) is 47.0 Å². The molecule has 0 aliphatic heterocycles. The SMILES string of the molecule is COC(=O)c1cccn2c(COc3ccc(O)cc3)cnc12. The maximum absolute atomic E-state index is 11.7. The Morgan fingerprint density at radius 1 is 1.27 bits per heavy atom. The number of aromatic nitrogens is 2. The van der Waals surface area contributed by atoms with Gasteiger partial charge in [0.15, 0.2) is 5.65 Å². The molecule has 0 saturated carbocycles. The lowest BCUT2D eigenvalue weighted by molar-refractivity contribution is 0.0602. The summed E-state index contributed by atoms with van der Waals surface area (Å²) in [7, 11) is 1.34. The number of hydrogen-bond acceptors (Lipinski definition) is 5. The van der Waals surface area contributed by atoms with Crippen LogP contribution in [0, 0.1) is 0 Å². The van der Waals surface area contributed by atoms with Crippen molar-refractivity contribution in [2.45, 2.75) is 6.61 Å². The van der Waals surface area contributed by atoms with Crippen LogP contribution in [0.4, 0.5) is 0 Å². The average Bonchev–Trinajstić information content (AvgIpc) is 2.97. The Bertz CT molecular complexity index is 809. The number of nitrogens with zero attached hydrogens (tertiary/aromatic N) is 2. The van der Waals surface area contributed by atoms with Gasteiger partial charge in [-0.2, -0.15) is 0 Å². The van der Waals surface area contributed by atoms with Gasteiger partial charge >= 0.3 is 5.97 Å². The molecule has 0 atom stereocenters. The highest BCUT2D eigenvalue weighted by molar-refractivity contribution is 5.95. The number of fused-ring (bicyclic) bond motifs is 1. The van der Waals surface area contributed by atoms with Crippen LogP contribution in [0.25, 0.3) is 5.65 Å². The van der Waals surface area contributed by atoms with E-state index in [-0.39, 0.29) is 12.4 Å². The van der Waals surface area contributed by atoms with Gasteiger partial charge in [-0.3, -0.25) is 4.40 Å². The first kappa shape index (κ1) is 13.9. The molecule has 22 heavy (non-hydrogen) atoms. The van der Waals surface area contributed by atoms with Gasteiger partial charge in [-0.1, -0.05) is 0 Å². The fraction of sp³-hybridized carbons (Fsp3) is 0.125. The molecular weight excluding hydrogens is 284 g/mol. The molecule has 2 aromatic heterocycles. The third kappa shape index (κ3) is 2.58. The molecule has 6 heteroatoms. The minimum Gasteiger partial charge on any atom is -0.508 e. The number of phenols is 1. The summed E-state index contributed by atoms with van der Waals surface area (Å²) in [5, 5.41) is 9.24. The second kappa shape index (κ2) is 5.77.